The number of carbonyl (C=O) groups is 1. The Bertz CT molecular complexity index is 447. The first-order chi connectivity index (χ1) is 8.39. The molecule has 0 aromatic heterocycles. The Hall–Kier alpha value is -0.820. The molecule has 3 atom stereocenters. The first-order valence-electron chi connectivity index (χ1n) is 6.68. The molecule has 0 amide bonds. The van der Waals surface area contributed by atoms with Crippen LogP contribution in [-0.2, 0) is 4.79 Å². The van der Waals surface area contributed by atoms with Gasteiger partial charge in [0.2, 0.25) is 5.24 Å². The summed E-state index contributed by atoms with van der Waals surface area (Å²) in [4.78, 5) is 11.4. The summed E-state index contributed by atoms with van der Waals surface area (Å²) in [5, 5.41) is -0.198. The lowest BCUT2D eigenvalue weighted by Crippen LogP contribution is -1.96. The highest BCUT2D eigenvalue weighted by molar-refractivity contribution is 6.64. The smallest absolute Gasteiger partial charge is 0.225 e. The number of halogens is 1. The van der Waals surface area contributed by atoms with Gasteiger partial charge in [-0.25, -0.2) is 0 Å². The van der Waals surface area contributed by atoms with Crippen molar-refractivity contribution in [2.75, 3.05) is 0 Å². The van der Waals surface area contributed by atoms with Gasteiger partial charge in [-0.1, -0.05) is 52.0 Å². The van der Waals surface area contributed by atoms with E-state index >= 15 is 0 Å². The van der Waals surface area contributed by atoms with Gasteiger partial charge < -0.3 is 0 Å². The standard InChI is InChI=1S/C16H21ClO/c1-5-10(2)11-6-8-12(9-7-11)13-14(15(17)18)16(13,3)4/h6-10,13-14H,5H2,1-4H3. The van der Waals surface area contributed by atoms with Gasteiger partial charge in [-0.2, -0.15) is 0 Å². The second-order valence-corrected chi connectivity index (χ2v) is 6.43. The van der Waals surface area contributed by atoms with Gasteiger partial charge in [0, 0.05) is 11.8 Å². The van der Waals surface area contributed by atoms with Gasteiger partial charge in [-0.15, -0.1) is 0 Å². The van der Waals surface area contributed by atoms with Crippen molar-refractivity contribution < 1.29 is 4.79 Å². The van der Waals surface area contributed by atoms with Crippen molar-refractivity contribution in [1.29, 1.82) is 0 Å². The molecule has 1 aliphatic rings. The van der Waals surface area contributed by atoms with Crippen molar-refractivity contribution in [1.82, 2.24) is 0 Å². The number of rotatable bonds is 4. The molecule has 0 N–H and O–H groups in total. The molecule has 18 heavy (non-hydrogen) atoms. The Morgan fingerprint density at radius 3 is 2.28 bits per heavy atom. The van der Waals surface area contributed by atoms with E-state index in [1.807, 2.05) is 0 Å². The van der Waals surface area contributed by atoms with Crippen LogP contribution in [0, 0.1) is 11.3 Å². The fourth-order valence-corrected chi connectivity index (χ4v) is 3.36. The molecule has 0 heterocycles. The summed E-state index contributed by atoms with van der Waals surface area (Å²) in [6.07, 6.45) is 1.15. The molecule has 0 aliphatic heterocycles. The van der Waals surface area contributed by atoms with Crippen molar-refractivity contribution in [2.24, 2.45) is 11.3 Å². The number of hydrogen-bond donors (Lipinski definition) is 0. The minimum Gasteiger partial charge on any atom is -0.281 e. The molecule has 1 aromatic carbocycles. The zero-order valence-electron chi connectivity index (χ0n) is 11.5. The summed E-state index contributed by atoms with van der Waals surface area (Å²) in [5.41, 5.74) is 2.62. The molecule has 0 saturated heterocycles. The first-order valence-corrected chi connectivity index (χ1v) is 7.06. The highest BCUT2D eigenvalue weighted by Crippen LogP contribution is 2.65. The highest BCUT2D eigenvalue weighted by atomic mass is 35.5. The van der Waals surface area contributed by atoms with E-state index in [0.29, 0.717) is 5.92 Å². The van der Waals surface area contributed by atoms with Gasteiger partial charge >= 0.3 is 0 Å². The van der Waals surface area contributed by atoms with Crippen molar-refractivity contribution >= 4 is 16.8 Å². The molecular formula is C16H21ClO. The van der Waals surface area contributed by atoms with E-state index in [1.54, 1.807) is 0 Å². The summed E-state index contributed by atoms with van der Waals surface area (Å²) in [7, 11) is 0. The third-order valence-electron chi connectivity index (χ3n) is 4.55. The van der Waals surface area contributed by atoms with Gasteiger partial charge in [0.25, 0.3) is 0 Å². The normalized spacial score (nSPS) is 26.7. The second kappa shape index (κ2) is 4.70. The fourth-order valence-electron chi connectivity index (χ4n) is 2.95. The highest BCUT2D eigenvalue weighted by Gasteiger charge is 2.61. The maximum Gasteiger partial charge on any atom is 0.225 e. The fraction of sp³-hybridized carbons (Fsp3) is 0.562. The number of hydrogen-bond acceptors (Lipinski definition) is 1. The minimum atomic E-state index is -0.198. The lowest BCUT2D eigenvalue weighted by atomic mass is 9.95. The van der Waals surface area contributed by atoms with Gasteiger partial charge in [0.05, 0.1) is 0 Å². The van der Waals surface area contributed by atoms with Crippen LogP contribution in [0.3, 0.4) is 0 Å². The summed E-state index contributed by atoms with van der Waals surface area (Å²) >= 11 is 5.67. The summed E-state index contributed by atoms with van der Waals surface area (Å²) in [6, 6.07) is 8.70. The van der Waals surface area contributed by atoms with E-state index in [-0.39, 0.29) is 22.5 Å². The van der Waals surface area contributed by atoms with Gasteiger partial charge in [-0.05, 0) is 40.5 Å². The van der Waals surface area contributed by atoms with Crippen LogP contribution in [0.15, 0.2) is 24.3 Å². The van der Waals surface area contributed by atoms with Crippen LogP contribution >= 0.6 is 11.6 Å². The Morgan fingerprint density at radius 2 is 1.89 bits per heavy atom. The lowest BCUT2D eigenvalue weighted by Gasteiger charge is -2.10. The molecule has 3 unspecified atom stereocenters. The van der Waals surface area contributed by atoms with E-state index in [9.17, 15) is 4.79 Å². The molecule has 1 aromatic rings. The van der Waals surface area contributed by atoms with E-state index in [4.69, 9.17) is 11.6 Å². The zero-order chi connectivity index (χ0) is 13.5. The predicted octanol–water partition coefficient (Wildman–Crippen LogP) is 4.71. The van der Waals surface area contributed by atoms with Crippen molar-refractivity contribution in [3.8, 4) is 0 Å². The minimum absolute atomic E-state index is 0.0106. The van der Waals surface area contributed by atoms with Gasteiger partial charge in [0.15, 0.2) is 0 Å². The van der Waals surface area contributed by atoms with Crippen LogP contribution in [0.5, 0.6) is 0 Å². The zero-order valence-corrected chi connectivity index (χ0v) is 12.3. The van der Waals surface area contributed by atoms with Crippen LogP contribution in [0.2, 0.25) is 0 Å². The largest absolute Gasteiger partial charge is 0.281 e. The summed E-state index contributed by atoms with van der Waals surface area (Å²) in [6.45, 7) is 8.67. The van der Waals surface area contributed by atoms with Crippen molar-refractivity contribution in [3.63, 3.8) is 0 Å². The average molecular weight is 265 g/mol. The van der Waals surface area contributed by atoms with E-state index < -0.39 is 0 Å². The molecule has 0 radical (unpaired) electrons. The average Bonchev–Trinajstić information content (AvgIpc) is 2.92. The molecule has 0 bridgehead atoms. The van der Waals surface area contributed by atoms with Crippen LogP contribution in [0.4, 0.5) is 0 Å². The Balaban J connectivity index is 2.19. The number of carbonyl (C=O) groups excluding carboxylic acids is 1. The predicted molar refractivity (Wildman–Crippen MR) is 76.0 cm³/mol. The Kier molecular flexibility index (Phi) is 3.55. The third-order valence-corrected chi connectivity index (χ3v) is 4.78. The van der Waals surface area contributed by atoms with E-state index in [2.05, 4.69) is 52.0 Å². The molecule has 2 rings (SSSR count). The Morgan fingerprint density at radius 1 is 1.33 bits per heavy atom. The van der Waals surface area contributed by atoms with E-state index in [1.165, 1.54) is 11.1 Å². The molecule has 2 heteroatoms. The topological polar surface area (TPSA) is 17.1 Å². The van der Waals surface area contributed by atoms with Crippen LogP contribution in [0.1, 0.15) is 57.1 Å². The molecule has 1 fully saturated rings. The van der Waals surface area contributed by atoms with Crippen molar-refractivity contribution in [2.45, 2.75) is 46.0 Å². The molecule has 1 saturated carbocycles. The van der Waals surface area contributed by atoms with Crippen LogP contribution < -0.4 is 0 Å². The summed E-state index contributed by atoms with van der Waals surface area (Å²) < 4.78 is 0. The maximum atomic E-state index is 11.4. The van der Waals surface area contributed by atoms with Gasteiger partial charge in [-0.3, -0.25) is 4.79 Å². The third kappa shape index (κ3) is 2.21. The molecular weight excluding hydrogens is 244 g/mol. The number of benzene rings is 1. The second-order valence-electron chi connectivity index (χ2n) is 6.06. The van der Waals surface area contributed by atoms with Crippen LogP contribution in [-0.4, -0.2) is 5.24 Å². The molecule has 0 spiro atoms. The quantitative estimate of drug-likeness (QED) is 0.720. The summed E-state index contributed by atoms with van der Waals surface area (Å²) in [5.74, 6) is 0.860. The van der Waals surface area contributed by atoms with Crippen molar-refractivity contribution in [3.05, 3.63) is 35.4 Å². The monoisotopic (exact) mass is 264 g/mol. The molecule has 98 valence electrons. The lowest BCUT2D eigenvalue weighted by molar-refractivity contribution is -0.113. The molecule has 1 nitrogen and oxygen atoms in total. The Labute approximate surface area is 115 Å². The maximum absolute atomic E-state index is 11.4. The SMILES string of the molecule is CCC(C)c1ccc(C2C(C(=O)Cl)C2(C)C)cc1. The first kappa shape index (κ1) is 13.6. The molecule has 1 aliphatic carbocycles. The van der Waals surface area contributed by atoms with E-state index in [0.717, 1.165) is 6.42 Å². The van der Waals surface area contributed by atoms with Gasteiger partial charge in [0.1, 0.15) is 0 Å². The van der Waals surface area contributed by atoms with Crippen LogP contribution in [0.25, 0.3) is 0 Å².